The number of hydrogen-bond donors (Lipinski definition) is 1. The largest absolute Gasteiger partial charge is 0.451 e. The quantitative estimate of drug-likeness (QED) is 0.656. The molecule has 3 nitrogen and oxygen atoms in total. The van der Waals surface area contributed by atoms with Crippen LogP contribution in [0.15, 0.2) is 51.8 Å². The Balaban J connectivity index is 1.89. The van der Waals surface area contributed by atoms with E-state index in [1.807, 2.05) is 37.4 Å². The Labute approximate surface area is 137 Å². The van der Waals surface area contributed by atoms with Gasteiger partial charge in [0.2, 0.25) is 0 Å². The third kappa shape index (κ3) is 2.85. The van der Waals surface area contributed by atoms with Crippen LogP contribution >= 0.6 is 23.4 Å². The van der Waals surface area contributed by atoms with E-state index in [9.17, 15) is 4.79 Å². The normalized spacial score (nSPS) is 10.9. The molecule has 0 radical (unpaired) electrons. The first kappa shape index (κ1) is 15.0. The highest BCUT2D eigenvalue weighted by Gasteiger charge is 2.18. The zero-order chi connectivity index (χ0) is 15.7. The Morgan fingerprint density at radius 1 is 1.18 bits per heavy atom. The lowest BCUT2D eigenvalue weighted by Gasteiger charge is -2.04. The number of amides is 1. The summed E-state index contributed by atoms with van der Waals surface area (Å²) in [6.45, 7) is 1.86. The van der Waals surface area contributed by atoms with Gasteiger partial charge in [0.15, 0.2) is 5.76 Å². The van der Waals surface area contributed by atoms with Crippen LogP contribution in [0.3, 0.4) is 0 Å². The van der Waals surface area contributed by atoms with Gasteiger partial charge < -0.3 is 9.73 Å². The summed E-state index contributed by atoms with van der Waals surface area (Å²) in [5.41, 5.74) is 2.18. The van der Waals surface area contributed by atoms with Crippen molar-refractivity contribution < 1.29 is 9.21 Å². The third-order valence-electron chi connectivity index (χ3n) is 3.45. The van der Waals surface area contributed by atoms with Crippen LogP contribution in [0.1, 0.15) is 16.1 Å². The monoisotopic (exact) mass is 331 g/mol. The first-order valence-corrected chi connectivity index (χ1v) is 8.33. The summed E-state index contributed by atoms with van der Waals surface area (Å²) in [4.78, 5) is 13.5. The van der Waals surface area contributed by atoms with Crippen molar-refractivity contribution in [2.75, 3.05) is 11.6 Å². The zero-order valence-electron chi connectivity index (χ0n) is 12.1. The van der Waals surface area contributed by atoms with E-state index in [0.29, 0.717) is 16.4 Å². The molecule has 0 aliphatic rings. The van der Waals surface area contributed by atoms with Gasteiger partial charge in [0.1, 0.15) is 5.58 Å². The molecular weight excluding hydrogens is 318 g/mol. The highest BCUT2D eigenvalue weighted by Crippen LogP contribution is 2.28. The summed E-state index contributed by atoms with van der Waals surface area (Å²) in [6.07, 6.45) is 2.01. The molecule has 0 fully saturated rings. The second kappa shape index (κ2) is 6.07. The van der Waals surface area contributed by atoms with Gasteiger partial charge in [0.05, 0.1) is 0 Å². The van der Waals surface area contributed by atoms with Crippen LogP contribution in [-0.4, -0.2) is 12.2 Å². The van der Waals surface area contributed by atoms with Crippen LogP contribution in [0.25, 0.3) is 11.0 Å². The number of anilines is 1. The van der Waals surface area contributed by atoms with Crippen molar-refractivity contribution in [3.05, 3.63) is 58.8 Å². The van der Waals surface area contributed by atoms with Crippen molar-refractivity contribution in [2.45, 2.75) is 11.8 Å². The number of fused-ring (bicyclic) bond motifs is 1. The van der Waals surface area contributed by atoms with Crippen molar-refractivity contribution in [3.63, 3.8) is 0 Å². The number of aryl methyl sites for hydroxylation is 1. The second-order valence-electron chi connectivity index (χ2n) is 4.88. The summed E-state index contributed by atoms with van der Waals surface area (Å²) in [5.74, 6) is 0.0490. The van der Waals surface area contributed by atoms with E-state index < -0.39 is 0 Å². The molecule has 3 aromatic rings. The number of nitrogens with one attached hydrogen (secondary N) is 1. The standard InChI is InChI=1S/C17H14ClNO2S/c1-10-14-9-11(18)3-8-15(14)21-16(10)17(20)19-12-4-6-13(22-2)7-5-12/h3-9H,1-2H3,(H,19,20). The molecular formula is C17H14ClNO2S. The molecule has 0 unspecified atom stereocenters. The highest BCUT2D eigenvalue weighted by atomic mass is 35.5. The average molecular weight is 332 g/mol. The minimum absolute atomic E-state index is 0.262. The Kier molecular flexibility index (Phi) is 4.14. The van der Waals surface area contributed by atoms with E-state index in [1.165, 1.54) is 0 Å². The fourth-order valence-electron chi connectivity index (χ4n) is 2.27. The number of benzene rings is 2. The van der Waals surface area contributed by atoms with Crippen LogP contribution in [0, 0.1) is 6.92 Å². The molecule has 22 heavy (non-hydrogen) atoms. The van der Waals surface area contributed by atoms with E-state index in [4.69, 9.17) is 16.0 Å². The van der Waals surface area contributed by atoms with E-state index in [2.05, 4.69) is 5.32 Å². The van der Waals surface area contributed by atoms with Crippen molar-refractivity contribution in [2.24, 2.45) is 0 Å². The molecule has 3 rings (SSSR count). The van der Waals surface area contributed by atoms with Crippen LogP contribution < -0.4 is 5.32 Å². The molecule has 112 valence electrons. The Hall–Kier alpha value is -1.91. The Morgan fingerprint density at radius 3 is 2.59 bits per heavy atom. The molecule has 0 aliphatic heterocycles. The van der Waals surface area contributed by atoms with Gasteiger partial charge >= 0.3 is 0 Å². The SMILES string of the molecule is CSc1ccc(NC(=O)c2oc3ccc(Cl)cc3c2C)cc1. The maximum absolute atomic E-state index is 12.4. The number of carbonyl (C=O) groups excluding carboxylic acids is 1. The van der Waals surface area contributed by atoms with E-state index >= 15 is 0 Å². The predicted molar refractivity (Wildman–Crippen MR) is 92.1 cm³/mol. The van der Waals surface area contributed by atoms with Gasteiger partial charge in [0.25, 0.3) is 5.91 Å². The highest BCUT2D eigenvalue weighted by molar-refractivity contribution is 7.98. The third-order valence-corrected chi connectivity index (χ3v) is 4.43. The zero-order valence-corrected chi connectivity index (χ0v) is 13.7. The fourth-order valence-corrected chi connectivity index (χ4v) is 2.85. The second-order valence-corrected chi connectivity index (χ2v) is 6.20. The minimum atomic E-state index is -0.262. The molecule has 0 aliphatic carbocycles. The van der Waals surface area contributed by atoms with E-state index in [1.54, 1.807) is 30.0 Å². The number of rotatable bonds is 3. The topological polar surface area (TPSA) is 42.2 Å². The molecule has 0 saturated heterocycles. The summed E-state index contributed by atoms with van der Waals surface area (Å²) < 4.78 is 5.66. The van der Waals surface area contributed by atoms with Crippen LogP contribution in [0.2, 0.25) is 5.02 Å². The molecule has 0 atom stereocenters. The van der Waals surface area contributed by atoms with Crippen molar-refractivity contribution >= 4 is 45.9 Å². The lowest BCUT2D eigenvalue weighted by molar-refractivity contribution is 0.0998. The Bertz CT molecular complexity index is 840. The molecule has 1 N–H and O–H groups in total. The lowest BCUT2D eigenvalue weighted by atomic mass is 10.1. The van der Waals surface area contributed by atoms with Crippen molar-refractivity contribution in [1.29, 1.82) is 0 Å². The smallest absolute Gasteiger partial charge is 0.291 e. The number of thioether (sulfide) groups is 1. The first-order chi connectivity index (χ1) is 10.6. The summed E-state index contributed by atoms with van der Waals surface area (Å²) in [5, 5.41) is 4.33. The van der Waals surface area contributed by atoms with Crippen LogP contribution in [-0.2, 0) is 0 Å². The molecule has 2 aromatic carbocycles. The van der Waals surface area contributed by atoms with Crippen LogP contribution in [0.5, 0.6) is 0 Å². The van der Waals surface area contributed by atoms with E-state index in [0.717, 1.165) is 21.5 Å². The van der Waals surface area contributed by atoms with E-state index in [-0.39, 0.29) is 5.91 Å². The van der Waals surface area contributed by atoms with Crippen LogP contribution in [0.4, 0.5) is 5.69 Å². The maximum Gasteiger partial charge on any atom is 0.291 e. The van der Waals surface area contributed by atoms with Gasteiger partial charge in [-0.15, -0.1) is 11.8 Å². The first-order valence-electron chi connectivity index (χ1n) is 6.72. The molecule has 0 saturated carbocycles. The minimum Gasteiger partial charge on any atom is -0.451 e. The van der Waals surface area contributed by atoms with Gasteiger partial charge in [-0.05, 0) is 55.6 Å². The van der Waals surface area contributed by atoms with Crippen molar-refractivity contribution in [3.8, 4) is 0 Å². The van der Waals surface area contributed by atoms with Gasteiger partial charge in [-0.3, -0.25) is 4.79 Å². The van der Waals surface area contributed by atoms with Gasteiger partial charge in [-0.25, -0.2) is 0 Å². The summed E-state index contributed by atoms with van der Waals surface area (Å²) in [6, 6.07) is 13.0. The molecule has 1 amide bonds. The molecule has 1 heterocycles. The van der Waals surface area contributed by atoms with Gasteiger partial charge in [-0.1, -0.05) is 11.6 Å². The maximum atomic E-state index is 12.4. The number of furan rings is 1. The number of halogens is 1. The lowest BCUT2D eigenvalue weighted by Crippen LogP contribution is -2.11. The molecule has 5 heteroatoms. The molecule has 0 spiro atoms. The summed E-state index contributed by atoms with van der Waals surface area (Å²) in [7, 11) is 0. The summed E-state index contributed by atoms with van der Waals surface area (Å²) >= 11 is 7.65. The average Bonchev–Trinajstić information content (AvgIpc) is 2.85. The number of hydrogen-bond acceptors (Lipinski definition) is 3. The predicted octanol–water partition coefficient (Wildman–Crippen LogP) is 5.37. The number of carbonyl (C=O) groups is 1. The Morgan fingerprint density at radius 2 is 1.91 bits per heavy atom. The molecule has 0 bridgehead atoms. The van der Waals surface area contributed by atoms with Gasteiger partial charge in [0, 0.05) is 26.6 Å². The van der Waals surface area contributed by atoms with Crippen molar-refractivity contribution in [1.82, 2.24) is 0 Å². The van der Waals surface area contributed by atoms with Gasteiger partial charge in [-0.2, -0.15) is 0 Å². The fraction of sp³-hybridized carbons (Fsp3) is 0.118. The molecule has 1 aromatic heterocycles.